The Hall–Kier alpha value is -1.36. The van der Waals surface area contributed by atoms with Crippen LogP contribution in [0.3, 0.4) is 0 Å². The molecule has 0 aromatic carbocycles. The summed E-state index contributed by atoms with van der Waals surface area (Å²) in [5, 5.41) is 3.31. The Bertz CT molecular complexity index is 358. The van der Waals surface area contributed by atoms with Crippen LogP contribution < -0.4 is 15.6 Å². The summed E-state index contributed by atoms with van der Waals surface area (Å²) >= 11 is 0. The third-order valence-corrected chi connectivity index (χ3v) is 2.52. The molecule has 2 rings (SSSR count). The minimum absolute atomic E-state index is 0.179. The van der Waals surface area contributed by atoms with Crippen LogP contribution >= 0.6 is 0 Å². The number of piperidine rings is 1. The standard InChI is InChI=1S/C10H15N3O2/c14-9-4-10(13-7-12-9)15-6-8-2-1-3-11-5-8/h4,7-8,11H,1-3,5-6H2,(H,12,13,14). The van der Waals surface area contributed by atoms with Crippen LogP contribution in [0.1, 0.15) is 12.8 Å². The van der Waals surface area contributed by atoms with Gasteiger partial charge in [0.25, 0.3) is 5.56 Å². The van der Waals surface area contributed by atoms with Crippen molar-refractivity contribution in [2.45, 2.75) is 12.8 Å². The first-order chi connectivity index (χ1) is 7.34. The highest BCUT2D eigenvalue weighted by Gasteiger charge is 2.13. The SMILES string of the molecule is O=c1cc(OCC2CCCNC2)nc[nH]1. The number of rotatable bonds is 3. The average Bonchev–Trinajstić information content (AvgIpc) is 2.28. The monoisotopic (exact) mass is 209 g/mol. The molecule has 0 saturated carbocycles. The molecular weight excluding hydrogens is 194 g/mol. The highest BCUT2D eigenvalue weighted by atomic mass is 16.5. The molecule has 1 aliphatic heterocycles. The summed E-state index contributed by atoms with van der Waals surface area (Å²) in [7, 11) is 0. The van der Waals surface area contributed by atoms with Crippen LogP contribution in [-0.2, 0) is 0 Å². The van der Waals surface area contributed by atoms with Gasteiger partial charge in [-0.05, 0) is 19.4 Å². The number of hydrogen-bond donors (Lipinski definition) is 2. The Morgan fingerprint density at radius 1 is 1.60 bits per heavy atom. The Balaban J connectivity index is 1.84. The molecule has 15 heavy (non-hydrogen) atoms. The highest BCUT2D eigenvalue weighted by molar-refractivity contribution is 5.04. The summed E-state index contributed by atoms with van der Waals surface area (Å²) in [6.45, 7) is 2.71. The van der Waals surface area contributed by atoms with Crippen molar-refractivity contribution in [3.63, 3.8) is 0 Å². The molecule has 1 fully saturated rings. The maximum absolute atomic E-state index is 11.0. The molecule has 1 atom stereocenters. The maximum Gasteiger partial charge on any atom is 0.254 e. The van der Waals surface area contributed by atoms with Gasteiger partial charge >= 0.3 is 0 Å². The fourth-order valence-corrected chi connectivity index (χ4v) is 1.70. The van der Waals surface area contributed by atoms with E-state index in [0.717, 1.165) is 13.1 Å². The van der Waals surface area contributed by atoms with Crippen molar-refractivity contribution in [2.24, 2.45) is 5.92 Å². The van der Waals surface area contributed by atoms with Crippen molar-refractivity contribution >= 4 is 0 Å². The van der Waals surface area contributed by atoms with Gasteiger partial charge < -0.3 is 15.0 Å². The van der Waals surface area contributed by atoms with E-state index in [2.05, 4.69) is 15.3 Å². The van der Waals surface area contributed by atoms with Gasteiger partial charge in [-0.15, -0.1) is 0 Å². The summed E-state index contributed by atoms with van der Waals surface area (Å²) in [4.78, 5) is 17.3. The van der Waals surface area contributed by atoms with Crippen LogP contribution in [0.5, 0.6) is 5.88 Å². The lowest BCUT2D eigenvalue weighted by atomic mass is 10.0. The van der Waals surface area contributed by atoms with E-state index in [1.165, 1.54) is 25.2 Å². The molecule has 1 aliphatic rings. The summed E-state index contributed by atoms with van der Waals surface area (Å²) in [6.07, 6.45) is 3.73. The smallest absolute Gasteiger partial charge is 0.254 e. The van der Waals surface area contributed by atoms with Crippen molar-refractivity contribution in [1.82, 2.24) is 15.3 Å². The van der Waals surface area contributed by atoms with Gasteiger partial charge in [0.1, 0.15) is 0 Å². The van der Waals surface area contributed by atoms with Crippen LogP contribution in [0, 0.1) is 5.92 Å². The zero-order valence-electron chi connectivity index (χ0n) is 8.53. The number of nitrogens with one attached hydrogen (secondary N) is 2. The summed E-state index contributed by atoms with van der Waals surface area (Å²) in [6, 6.07) is 1.37. The maximum atomic E-state index is 11.0. The lowest BCUT2D eigenvalue weighted by molar-refractivity contribution is 0.211. The quantitative estimate of drug-likeness (QED) is 0.743. The molecule has 5 heteroatoms. The van der Waals surface area contributed by atoms with Crippen LogP contribution in [0.4, 0.5) is 0 Å². The summed E-state index contributed by atoms with van der Waals surface area (Å²) < 4.78 is 5.46. The number of aromatic amines is 1. The molecule has 0 amide bonds. The molecule has 0 bridgehead atoms. The van der Waals surface area contributed by atoms with Gasteiger partial charge in [0.2, 0.25) is 5.88 Å². The summed E-state index contributed by atoms with van der Waals surface area (Å²) in [5.74, 6) is 0.934. The topological polar surface area (TPSA) is 67.0 Å². The van der Waals surface area contributed by atoms with Gasteiger partial charge in [-0.1, -0.05) is 0 Å². The molecule has 2 N–H and O–H groups in total. The van der Waals surface area contributed by atoms with Crippen molar-refractivity contribution in [3.8, 4) is 5.88 Å². The van der Waals surface area contributed by atoms with Crippen molar-refractivity contribution in [2.75, 3.05) is 19.7 Å². The first kappa shape index (κ1) is 10.2. The second-order valence-electron chi connectivity index (χ2n) is 3.77. The largest absolute Gasteiger partial charge is 0.477 e. The van der Waals surface area contributed by atoms with Gasteiger partial charge in [-0.25, -0.2) is 4.98 Å². The third kappa shape index (κ3) is 3.06. The minimum atomic E-state index is -0.179. The molecule has 5 nitrogen and oxygen atoms in total. The van der Waals surface area contributed by atoms with Crippen LogP contribution in [0.15, 0.2) is 17.2 Å². The normalized spacial score (nSPS) is 21.2. The van der Waals surface area contributed by atoms with E-state index < -0.39 is 0 Å². The van der Waals surface area contributed by atoms with Gasteiger partial charge in [0, 0.05) is 12.5 Å². The first-order valence-corrected chi connectivity index (χ1v) is 5.23. The van der Waals surface area contributed by atoms with Crippen LogP contribution in [-0.4, -0.2) is 29.7 Å². The van der Waals surface area contributed by atoms with E-state index >= 15 is 0 Å². The molecule has 82 valence electrons. The highest BCUT2D eigenvalue weighted by Crippen LogP contribution is 2.11. The Morgan fingerprint density at radius 3 is 3.27 bits per heavy atom. The molecule has 1 saturated heterocycles. The average molecular weight is 209 g/mol. The molecule has 2 heterocycles. The van der Waals surface area contributed by atoms with Crippen molar-refractivity contribution in [1.29, 1.82) is 0 Å². The van der Waals surface area contributed by atoms with Crippen LogP contribution in [0.2, 0.25) is 0 Å². The first-order valence-electron chi connectivity index (χ1n) is 5.23. The van der Waals surface area contributed by atoms with E-state index in [9.17, 15) is 4.79 Å². The fourth-order valence-electron chi connectivity index (χ4n) is 1.70. The Labute approximate surface area is 87.9 Å². The Morgan fingerprint density at radius 2 is 2.53 bits per heavy atom. The van der Waals surface area contributed by atoms with Crippen molar-refractivity contribution in [3.05, 3.63) is 22.7 Å². The van der Waals surface area contributed by atoms with E-state index in [0.29, 0.717) is 18.4 Å². The lowest BCUT2D eigenvalue weighted by Gasteiger charge is -2.22. The second-order valence-corrected chi connectivity index (χ2v) is 3.77. The molecule has 1 unspecified atom stereocenters. The van der Waals surface area contributed by atoms with Gasteiger partial charge in [-0.2, -0.15) is 0 Å². The number of hydrogen-bond acceptors (Lipinski definition) is 4. The number of aromatic nitrogens is 2. The van der Waals surface area contributed by atoms with E-state index in [-0.39, 0.29) is 5.56 Å². The number of nitrogens with zero attached hydrogens (tertiary/aromatic N) is 1. The zero-order chi connectivity index (χ0) is 10.5. The molecule has 0 aliphatic carbocycles. The van der Waals surface area contributed by atoms with Gasteiger partial charge in [0.05, 0.1) is 19.0 Å². The minimum Gasteiger partial charge on any atom is -0.477 e. The van der Waals surface area contributed by atoms with Gasteiger partial charge in [0.15, 0.2) is 0 Å². The predicted molar refractivity (Wildman–Crippen MR) is 55.9 cm³/mol. The van der Waals surface area contributed by atoms with E-state index in [1.807, 2.05) is 0 Å². The second kappa shape index (κ2) is 4.93. The predicted octanol–water partition coefficient (Wildman–Crippen LogP) is 0.148. The van der Waals surface area contributed by atoms with Crippen molar-refractivity contribution < 1.29 is 4.74 Å². The molecular formula is C10H15N3O2. The van der Waals surface area contributed by atoms with E-state index in [4.69, 9.17) is 4.74 Å². The van der Waals surface area contributed by atoms with E-state index in [1.54, 1.807) is 0 Å². The van der Waals surface area contributed by atoms with Gasteiger partial charge in [-0.3, -0.25) is 4.79 Å². The summed E-state index contributed by atoms with van der Waals surface area (Å²) in [5.41, 5.74) is -0.179. The zero-order valence-corrected chi connectivity index (χ0v) is 8.53. The Kier molecular flexibility index (Phi) is 3.34. The molecule has 1 aromatic heterocycles. The fraction of sp³-hybridized carbons (Fsp3) is 0.600. The van der Waals surface area contributed by atoms with Crippen LogP contribution in [0.25, 0.3) is 0 Å². The third-order valence-electron chi connectivity index (χ3n) is 2.52. The number of H-pyrrole nitrogens is 1. The lowest BCUT2D eigenvalue weighted by Crippen LogP contribution is -2.33. The molecule has 0 radical (unpaired) electrons. The molecule has 0 spiro atoms. The molecule has 1 aromatic rings. The number of ether oxygens (including phenoxy) is 1.